The lowest BCUT2D eigenvalue weighted by atomic mass is 10.1. The van der Waals surface area contributed by atoms with Crippen LogP contribution >= 0.6 is 0 Å². The van der Waals surface area contributed by atoms with E-state index in [1.165, 1.54) is 5.56 Å². The van der Waals surface area contributed by atoms with E-state index < -0.39 is 0 Å². The Hall–Kier alpha value is -2.23. The summed E-state index contributed by atoms with van der Waals surface area (Å²) in [5.74, 6) is 0.0444. The van der Waals surface area contributed by atoms with Crippen molar-refractivity contribution in [3.05, 3.63) is 41.5 Å². The average Bonchev–Trinajstić information content (AvgIpc) is 2.68. The molecule has 0 aliphatic carbocycles. The fraction of sp³-hybridized carbons (Fsp3) is 0.267. The van der Waals surface area contributed by atoms with Gasteiger partial charge < -0.3 is 15.0 Å². The molecule has 0 amide bonds. The number of aryl methyl sites for hydroxylation is 1. The Balaban J connectivity index is 2.45. The Labute approximate surface area is 112 Å². The van der Waals surface area contributed by atoms with Crippen molar-refractivity contribution >= 4 is 11.8 Å². The van der Waals surface area contributed by atoms with Gasteiger partial charge in [0, 0.05) is 7.05 Å². The largest absolute Gasteiger partial charge is 0.462 e. The highest BCUT2D eigenvalue weighted by atomic mass is 16.5. The number of nitrogens with two attached hydrogens (primary N) is 1. The smallest absolute Gasteiger partial charge is 0.341 e. The monoisotopic (exact) mass is 258 g/mol. The number of hydrogen-bond acceptors (Lipinski definition) is 3. The lowest BCUT2D eigenvalue weighted by molar-refractivity contribution is 0.0527. The van der Waals surface area contributed by atoms with E-state index in [1.54, 1.807) is 17.6 Å². The van der Waals surface area contributed by atoms with Crippen molar-refractivity contribution in [2.75, 3.05) is 12.3 Å². The highest BCUT2D eigenvalue weighted by molar-refractivity contribution is 5.96. The number of anilines is 1. The summed E-state index contributed by atoms with van der Waals surface area (Å²) < 4.78 is 6.80. The maximum atomic E-state index is 11.8. The number of rotatable bonds is 3. The van der Waals surface area contributed by atoms with E-state index in [-0.39, 0.29) is 5.97 Å². The Morgan fingerprint density at radius 3 is 2.53 bits per heavy atom. The summed E-state index contributed by atoms with van der Waals surface area (Å²) in [6.45, 7) is 4.15. The normalized spacial score (nSPS) is 10.5. The maximum Gasteiger partial charge on any atom is 0.341 e. The van der Waals surface area contributed by atoms with Crippen LogP contribution in [0.15, 0.2) is 30.3 Å². The first-order valence-corrected chi connectivity index (χ1v) is 6.24. The minimum atomic E-state index is -0.381. The predicted molar refractivity (Wildman–Crippen MR) is 76.0 cm³/mol. The van der Waals surface area contributed by atoms with Crippen LogP contribution in [-0.4, -0.2) is 17.1 Å². The Bertz CT molecular complexity index is 597. The molecule has 0 saturated carbocycles. The minimum absolute atomic E-state index is 0.340. The maximum absolute atomic E-state index is 11.8. The molecule has 0 spiro atoms. The van der Waals surface area contributed by atoms with Gasteiger partial charge in [0.2, 0.25) is 0 Å². The van der Waals surface area contributed by atoms with E-state index in [0.29, 0.717) is 18.0 Å². The first-order valence-electron chi connectivity index (χ1n) is 6.24. The quantitative estimate of drug-likeness (QED) is 0.861. The minimum Gasteiger partial charge on any atom is -0.462 e. The number of carbonyl (C=O) groups is 1. The van der Waals surface area contributed by atoms with Crippen molar-refractivity contribution in [1.82, 2.24) is 4.57 Å². The van der Waals surface area contributed by atoms with E-state index in [2.05, 4.69) is 0 Å². The van der Waals surface area contributed by atoms with Crippen molar-refractivity contribution < 1.29 is 9.53 Å². The molecule has 0 fully saturated rings. The van der Waals surface area contributed by atoms with Gasteiger partial charge in [-0.15, -0.1) is 0 Å². The zero-order chi connectivity index (χ0) is 14.0. The summed E-state index contributed by atoms with van der Waals surface area (Å²) in [6, 6.07) is 9.86. The molecular weight excluding hydrogens is 240 g/mol. The van der Waals surface area contributed by atoms with Crippen LogP contribution in [-0.2, 0) is 11.8 Å². The highest BCUT2D eigenvalue weighted by Gasteiger charge is 2.18. The molecule has 2 rings (SSSR count). The molecule has 0 bridgehead atoms. The fourth-order valence-corrected chi connectivity index (χ4v) is 1.99. The predicted octanol–water partition coefficient (Wildman–Crippen LogP) is 2.76. The number of ether oxygens (including phenoxy) is 1. The number of nitrogens with zero attached hydrogens (tertiary/aromatic N) is 1. The van der Waals surface area contributed by atoms with Gasteiger partial charge in [0.25, 0.3) is 0 Å². The van der Waals surface area contributed by atoms with Crippen LogP contribution < -0.4 is 5.73 Å². The van der Waals surface area contributed by atoms with Gasteiger partial charge in [-0.2, -0.15) is 0 Å². The second-order valence-electron chi connectivity index (χ2n) is 4.47. The number of aromatic nitrogens is 1. The summed E-state index contributed by atoms with van der Waals surface area (Å²) in [7, 11) is 1.84. The topological polar surface area (TPSA) is 57.2 Å². The third kappa shape index (κ3) is 2.47. The van der Waals surface area contributed by atoms with E-state index >= 15 is 0 Å². The zero-order valence-electron chi connectivity index (χ0n) is 11.4. The molecule has 0 saturated heterocycles. The Morgan fingerprint density at radius 1 is 1.32 bits per heavy atom. The third-order valence-corrected chi connectivity index (χ3v) is 3.12. The molecule has 1 aromatic carbocycles. The molecule has 1 aromatic heterocycles. The van der Waals surface area contributed by atoms with E-state index in [0.717, 1.165) is 11.3 Å². The first kappa shape index (κ1) is 13.2. The number of hydrogen-bond donors (Lipinski definition) is 1. The molecule has 0 radical (unpaired) electrons. The summed E-state index contributed by atoms with van der Waals surface area (Å²) in [5, 5.41) is 0. The molecule has 0 aliphatic rings. The van der Waals surface area contributed by atoms with Crippen LogP contribution in [0.3, 0.4) is 0 Å². The van der Waals surface area contributed by atoms with Crippen LogP contribution in [0.4, 0.5) is 5.82 Å². The second-order valence-corrected chi connectivity index (χ2v) is 4.47. The van der Waals surface area contributed by atoms with Gasteiger partial charge in [-0.25, -0.2) is 4.79 Å². The van der Waals surface area contributed by atoms with Crippen LogP contribution in [0.1, 0.15) is 22.8 Å². The zero-order valence-corrected chi connectivity index (χ0v) is 11.4. The van der Waals surface area contributed by atoms with Crippen molar-refractivity contribution in [2.45, 2.75) is 13.8 Å². The van der Waals surface area contributed by atoms with Gasteiger partial charge in [0.15, 0.2) is 0 Å². The summed E-state index contributed by atoms with van der Waals surface area (Å²) in [6.07, 6.45) is 0. The van der Waals surface area contributed by atoms with Crippen molar-refractivity contribution in [3.8, 4) is 11.3 Å². The molecule has 100 valence electrons. The number of esters is 1. The van der Waals surface area contributed by atoms with Gasteiger partial charge in [-0.1, -0.05) is 29.8 Å². The fourth-order valence-electron chi connectivity index (χ4n) is 1.99. The molecule has 0 atom stereocenters. The van der Waals surface area contributed by atoms with Crippen LogP contribution in [0.25, 0.3) is 11.3 Å². The third-order valence-electron chi connectivity index (χ3n) is 3.12. The molecule has 19 heavy (non-hydrogen) atoms. The van der Waals surface area contributed by atoms with Gasteiger partial charge in [-0.05, 0) is 25.5 Å². The van der Waals surface area contributed by atoms with Crippen LogP contribution in [0.5, 0.6) is 0 Å². The second kappa shape index (κ2) is 5.18. The van der Waals surface area contributed by atoms with Crippen LogP contribution in [0, 0.1) is 6.92 Å². The highest BCUT2D eigenvalue weighted by Crippen LogP contribution is 2.27. The van der Waals surface area contributed by atoms with E-state index in [4.69, 9.17) is 10.5 Å². The van der Waals surface area contributed by atoms with Crippen LogP contribution in [0.2, 0.25) is 0 Å². The van der Waals surface area contributed by atoms with E-state index in [1.807, 2.05) is 38.2 Å². The molecule has 2 N–H and O–H groups in total. The molecule has 1 heterocycles. The Kier molecular flexibility index (Phi) is 3.60. The Morgan fingerprint density at radius 2 is 1.95 bits per heavy atom. The van der Waals surface area contributed by atoms with Gasteiger partial charge in [0.05, 0.1) is 12.3 Å². The number of nitrogen functional groups attached to an aromatic ring is 1. The van der Waals surface area contributed by atoms with Gasteiger partial charge >= 0.3 is 5.97 Å². The van der Waals surface area contributed by atoms with Crippen molar-refractivity contribution in [2.24, 2.45) is 7.05 Å². The summed E-state index contributed by atoms with van der Waals surface area (Å²) >= 11 is 0. The van der Waals surface area contributed by atoms with Crippen molar-refractivity contribution in [3.63, 3.8) is 0 Å². The lowest BCUT2D eigenvalue weighted by Crippen LogP contribution is -2.07. The molecule has 4 nitrogen and oxygen atoms in total. The molecule has 0 unspecified atom stereocenters. The number of benzene rings is 1. The molecule has 2 aromatic rings. The lowest BCUT2D eigenvalue weighted by Gasteiger charge is -2.05. The van der Waals surface area contributed by atoms with Crippen molar-refractivity contribution in [1.29, 1.82) is 0 Å². The molecule has 4 heteroatoms. The summed E-state index contributed by atoms with van der Waals surface area (Å²) in [5.41, 5.74) is 9.50. The SMILES string of the molecule is CCOC(=O)c1cc(-c2ccc(C)cc2)n(C)c1N. The first-order chi connectivity index (χ1) is 9.04. The summed E-state index contributed by atoms with van der Waals surface area (Å²) in [4.78, 5) is 11.8. The average molecular weight is 258 g/mol. The molecule has 0 aliphatic heterocycles. The standard InChI is InChI=1S/C15H18N2O2/c1-4-19-15(18)12-9-13(17(3)14(12)16)11-7-5-10(2)6-8-11/h5-9H,4,16H2,1-3H3. The van der Waals surface area contributed by atoms with Gasteiger partial charge in [-0.3, -0.25) is 0 Å². The van der Waals surface area contributed by atoms with E-state index in [9.17, 15) is 4.79 Å². The number of carbonyl (C=O) groups excluding carboxylic acids is 1. The van der Waals surface area contributed by atoms with Gasteiger partial charge in [0.1, 0.15) is 11.4 Å². The molecular formula is C15H18N2O2.